The molecule has 0 aliphatic heterocycles. The van der Waals surface area contributed by atoms with Crippen molar-refractivity contribution >= 4 is 0 Å². The first kappa shape index (κ1) is 19.7. The van der Waals surface area contributed by atoms with E-state index in [-0.39, 0.29) is 23.3 Å². The standard InChI is InChI=1S/C19H8F8O/c20-12-4-2-1-3-11(12)9-5-13(21)17(14(22)6-9)19(26,27)28-10-7-15(23)18(25)16(24)8-10/h1-8H. The molecule has 0 radical (unpaired) electrons. The molecule has 0 spiro atoms. The van der Waals surface area contributed by atoms with Gasteiger partial charge in [-0.25, -0.2) is 26.3 Å². The molecule has 9 heteroatoms. The lowest BCUT2D eigenvalue weighted by Crippen LogP contribution is -2.25. The molecule has 0 bridgehead atoms. The second-order valence-corrected chi connectivity index (χ2v) is 5.61. The minimum atomic E-state index is -4.71. The van der Waals surface area contributed by atoms with Gasteiger partial charge >= 0.3 is 6.11 Å². The SMILES string of the molecule is Fc1ccccc1-c1cc(F)c(C(F)(F)Oc2cc(F)c(F)c(F)c2)c(F)c1. The van der Waals surface area contributed by atoms with Crippen LogP contribution in [0.3, 0.4) is 0 Å². The van der Waals surface area contributed by atoms with Gasteiger partial charge in [0.05, 0.1) is 0 Å². The highest BCUT2D eigenvalue weighted by atomic mass is 19.3. The number of alkyl halides is 2. The fourth-order valence-corrected chi connectivity index (χ4v) is 2.49. The maximum absolute atomic E-state index is 14.2. The largest absolute Gasteiger partial charge is 0.432 e. The van der Waals surface area contributed by atoms with Crippen LogP contribution in [0.15, 0.2) is 48.5 Å². The van der Waals surface area contributed by atoms with Crippen LogP contribution in [0.2, 0.25) is 0 Å². The van der Waals surface area contributed by atoms with E-state index in [1.54, 1.807) is 0 Å². The summed E-state index contributed by atoms with van der Waals surface area (Å²) < 4.78 is 114. The van der Waals surface area contributed by atoms with Gasteiger partial charge in [-0.1, -0.05) is 18.2 Å². The van der Waals surface area contributed by atoms with Crippen molar-refractivity contribution in [3.05, 3.63) is 89.0 Å². The molecule has 0 saturated heterocycles. The van der Waals surface area contributed by atoms with Gasteiger partial charge in [0.15, 0.2) is 17.5 Å². The summed E-state index contributed by atoms with van der Waals surface area (Å²) in [6, 6.07) is 5.99. The smallest absolute Gasteiger partial charge is 0.429 e. The van der Waals surface area contributed by atoms with Gasteiger partial charge in [0.25, 0.3) is 0 Å². The molecule has 0 heterocycles. The number of rotatable bonds is 4. The lowest BCUT2D eigenvalue weighted by atomic mass is 10.0. The minimum absolute atomic E-state index is 0.0931. The fourth-order valence-electron chi connectivity index (χ4n) is 2.49. The molecule has 28 heavy (non-hydrogen) atoms. The summed E-state index contributed by atoms with van der Waals surface area (Å²) in [6.07, 6.45) is -4.71. The third kappa shape index (κ3) is 3.64. The minimum Gasteiger partial charge on any atom is -0.429 e. The van der Waals surface area contributed by atoms with Crippen LogP contribution in [0.25, 0.3) is 11.1 Å². The topological polar surface area (TPSA) is 9.23 Å². The van der Waals surface area contributed by atoms with Crippen LogP contribution in [0.1, 0.15) is 5.56 Å². The molecule has 1 nitrogen and oxygen atoms in total. The molecule has 146 valence electrons. The first-order chi connectivity index (χ1) is 13.1. The zero-order valence-corrected chi connectivity index (χ0v) is 13.6. The molecule has 3 rings (SSSR count). The maximum atomic E-state index is 14.2. The molecule has 0 aromatic heterocycles. The lowest BCUT2D eigenvalue weighted by molar-refractivity contribution is -0.189. The van der Waals surface area contributed by atoms with Crippen LogP contribution >= 0.6 is 0 Å². The first-order valence-electron chi connectivity index (χ1n) is 7.56. The van der Waals surface area contributed by atoms with Crippen molar-refractivity contribution in [1.29, 1.82) is 0 Å². The monoisotopic (exact) mass is 404 g/mol. The third-order valence-corrected chi connectivity index (χ3v) is 3.72. The lowest BCUT2D eigenvalue weighted by Gasteiger charge is -2.20. The molecule has 0 aliphatic carbocycles. The molecule has 3 aromatic rings. The molecule has 0 N–H and O–H groups in total. The second kappa shape index (κ2) is 7.14. The van der Waals surface area contributed by atoms with Crippen molar-refractivity contribution in [3.8, 4) is 16.9 Å². The molecule has 0 unspecified atom stereocenters. The number of hydrogen-bond acceptors (Lipinski definition) is 1. The summed E-state index contributed by atoms with van der Waals surface area (Å²) in [5.41, 5.74) is -2.46. The molecule has 3 aromatic carbocycles. The highest BCUT2D eigenvalue weighted by Crippen LogP contribution is 2.37. The normalized spacial score (nSPS) is 11.6. The Hall–Kier alpha value is -3.10. The van der Waals surface area contributed by atoms with E-state index in [1.165, 1.54) is 18.2 Å². The van der Waals surface area contributed by atoms with Crippen molar-refractivity contribution in [2.24, 2.45) is 0 Å². The van der Waals surface area contributed by atoms with E-state index in [2.05, 4.69) is 4.74 Å². The third-order valence-electron chi connectivity index (χ3n) is 3.72. The van der Waals surface area contributed by atoms with Crippen molar-refractivity contribution in [2.75, 3.05) is 0 Å². The van der Waals surface area contributed by atoms with E-state index in [9.17, 15) is 35.1 Å². The van der Waals surface area contributed by atoms with Crippen molar-refractivity contribution < 1.29 is 39.9 Å². The van der Waals surface area contributed by atoms with Crippen LogP contribution in [0.4, 0.5) is 35.1 Å². The summed E-state index contributed by atoms with van der Waals surface area (Å²) in [5.74, 6) is -11.2. The maximum Gasteiger partial charge on any atom is 0.432 e. The zero-order chi connectivity index (χ0) is 20.6. The number of hydrogen-bond donors (Lipinski definition) is 0. The van der Waals surface area contributed by atoms with E-state index in [4.69, 9.17) is 0 Å². The zero-order valence-electron chi connectivity index (χ0n) is 13.6. The van der Waals surface area contributed by atoms with E-state index in [0.29, 0.717) is 12.1 Å². The highest BCUT2D eigenvalue weighted by Gasteiger charge is 2.41. The summed E-state index contributed by atoms with van der Waals surface area (Å²) in [4.78, 5) is 0. The molecule has 0 fully saturated rings. The molecule has 0 saturated carbocycles. The Morgan fingerprint density at radius 3 is 1.71 bits per heavy atom. The van der Waals surface area contributed by atoms with Gasteiger partial charge in [-0.05, 0) is 23.8 Å². The van der Waals surface area contributed by atoms with E-state index in [0.717, 1.165) is 6.07 Å². The van der Waals surface area contributed by atoms with Gasteiger partial charge in [0.1, 0.15) is 28.8 Å². The van der Waals surface area contributed by atoms with Crippen LogP contribution in [-0.2, 0) is 6.11 Å². The second-order valence-electron chi connectivity index (χ2n) is 5.61. The molecule has 0 atom stereocenters. The van der Waals surface area contributed by atoms with Crippen LogP contribution in [-0.4, -0.2) is 0 Å². The predicted molar refractivity (Wildman–Crippen MR) is 82.6 cm³/mol. The van der Waals surface area contributed by atoms with Gasteiger partial charge in [0, 0.05) is 17.7 Å². The van der Waals surface area contributed by atoms with Gasteiger partial charge in [-0.2, -0.15) is 8.78 Å². The predicted octanol–water partition coefficient (Wildman–Crippen LogP) is 6.32. The Morgan fingerprint density at radius 1 is 0.643 bits per heavy atom. The highest BCUT2D eigenvalue weighted by molar-refractivity contribution is 5.64. The molecule has 0 amide bonds. The number of benzene rings is 3. The van der Waals surface area contributed by atoms with Crippen LogP contribution < -0.4 is 4.74 Å². The van der Waals surface area contributed by atoms with Gasteiger partial charge in [-0.15, -0.1) is 0 Å². The van der Waals surface area contributed by atoms with Crippen LogP contribution in [0.5, 0.6) is 5.75 Å². The number of halogens is 8. The van der Waals surface area contributed by atoms with E-state index in [1.807, 2.05) is 0 Å². The Bertz CT molecular complexity index is 1000. The average Bonchev–Trinajstić information content (AvgIpc) is 2.58. The van der Waals surface area contributed by atoms with Gasteiger partial charge in [-0.3, -0.25) is 0 Å². The van der Waals surface area contributed by atoms with Gasteiger partial charge in [0.2, 0.25) is 0 Å². The average molecular weight is 404 g/mol. The summed E-state index contributed by atoms with van der Waals surface area (Å²) in [7, 11) is 0. The van der Waals surface area contributed by atoms with Gasteiger partial charge < -0.3 is 4.74 Å². The Balaban J connectivity index is 2.02. The van der Waals surface area contributed by atoms with E-state index < -0.39 is 52.3 Å². The fraction of sp³-hybridized carbons (Fsp3) is 0.0526. The quantitative estimate of drug-likeness (QED) is 0.366. The first-order valence-corrected chi connectivity index (χ1v) is 7.56. The van der Waals surface area contributed by atoms with Crippen molar-refractivity contribution in [3.63, 3.8) is 0 Å². The molecule has 0 aliphatic rings. The Kier molecular flexibility index (Phi) is 5.01. The van der Waals surface area contributed by atoms with E-state index >= 15 is 0 Å². The number of ether oxygens (including phenoxy) is 1. The Morgan fingerprint density at radius 2 is 1.18 bits per heavy atom. The van der Waals surface area contributed by atoms with Crippen molar-refractivity contribution in [1.82, 2.24) is 0 Å². The van der Waals surface area contributed by atoms with Crippen molar-refractivity contribution in [2.45, 2.75) is 6.11 Å². The summed E-state index contributed by atoms with van der Waals surface area (Å²) in [5, 5.41) is 0. The molecular formula is C19H8F8O. The van der Waals surface area contributed by atoms with Crippen LogP contribution in [0, 0.1) is 34.9 Å². The summed E-state index contributed by atoms with van der Waals surface area (Å²) >= 11 is 0. The summed E-state index contributed by atoms with van der Waals surface area (Å²) in [6.45, 7) is 0. The molecular weight excluding hydrogens is 396 g/mol. The Labute approximate surface area is 152 Å².